The fourth-order valence-corrected chi connectivity index (χ4v) is 3.19. The number of hydrogen-bond donors (Lipinski definition) is 2. The van der Waals surface area contributed by atoms with E-state index in [4.69, 9.17) is 4.74 Å². The van der Waals surface area contributed by atoms with Gasteiger partial charge < -0.3 is 29.3 Å². The van der Waals surface area contributed by atoms with Crippen molar-refractivity contribution in [2.75, 3.05) is 27.7 Å². The largest absolute Gasteiger partial charge is 0.550 e. The maximum atomic E-state index is 12.0. The number of aliphatic hydroxyl groups is 2. The summed E-state index contributed by atoms with van der Waals surface area (Å²) in [7, 11) is 5.63. The molecule has 0 bridgehead atoms. The number of likely N-dealkylation sites (N-methyl/N-ethyl adjacent to an activating group) is 1. The molecular weight excluding hydrogens is 362 g/mol. The van der Waals surface area contributed by atoms with Gasteiger partial charge in [0.1, 0.15) is 6.54 Å². The van der Waals surface area contributed by atoms with Crippen LogP contribution in [0.2, 0.25) is 0 Å². The lowest BCUT2D eigenvalue weighted by molar-refractivity contribution is -0.873. The van der Waals surface area contributed by atoms with E-state index in [0.29, 0.717) is 30.3 Å². The van der Waals surface area contributed by atoms with E-state index >= 15 is 0 Å². The fourth-order valence-electron chi connectivity index (χ4n) is 3.19. The fraction of sp³-hybridized carbons (Fsp3) is 0.905. The highest BCUT2D eigenvalue weighted by atomic mass is 16.5. The van der Waals surface area contributed by atoms with Gasteiger partial charge >= 0.3 is 5.97 Å². The lowest BCUT2D eigenvalue weighted by Gasteiger charge is -2.29. The molecule has 0 aromatic carbocycles. The van der Waals surface area contributed by atoms with E-state index < -0.39 is 24.1 Å². The third-order valence-corrected chi connectivity index (χ3v) is 4.56. The van der Waals surface area contributed by atoms with E-state index in [0.717, 1.165) is 19.3 Å². The minimum absolute atomic E-state index is 0.173. The monoisotopic (exact) mass is 403 g/mol. The number of carboxylic acids is 1. The highest BCUT2D eigenvalue weighted by Gasteiger charge is 2.23. The van der Waals surface area contributed by atoms with E-state index in [1.54, 1.807) is 0 Å². The van der Waals surface area contributed by atoms with E-state index in [2.05, 4.69) is 6.92 Å². The van der Waals surface area contributed by atoms with Crippen molar-refractivity contribution in [1.29, 1.82) is 0 Å². The predicted octanol–water partition coefficient (Wildman–Crippen LogP) is 1.39. The molecule has 3 unspecified atom stereocenters. The number of ether oxygens (including phenoxy) is 1. The first-order valence-electron chi connectivity index (χ1n) is 10.6. The zero-order valence-corrected chi connectivity index (χ0v) is 18.2. The standard InChI is InChI=1S/C21H41NO6/c1-5-6-7-8-9-11-17(23)12-10-13-18(24)14-21(27)28-19(15-20(25)26)16-22(2,3)4/h17-19,23-24H,5-16H2,1-4H3. The van der Waals surface area contributed by atoms with Crippen molar-refractivity contribution in [3.05, 3.63) is 0 Å². The lowest BCUT2D eigenvalue weighted by Crippen LogP contribution is -2.45. The van der Waals surface area contributed by atoms with Crippen LogP contribution in [0.25, 0.3) is 0 Å². The van der Waals surface area contributed by atoms with Crippen LogP contribution >= 0.6 is 0 Å². The molecule has 7 heteroatoms. The van der Waals surface area contributed by atoms with Gasteiger partial charge in [0, 0.05) is 12.4 Å². The third kappa shape index (κ3) is 17.0. The maximum absolute atomic E-state index is 12.0. The Balaban J connectivity index is 4.07. The van der Waals surface area contributed by atoms with Gasteiger partial charge in [0.15, 0.2) is 6.10 Å². The van der Waals surface area contributed by atoms with Gasteiger partial charge in [-0.3, -0.25) is 4.79 Å². The van der Waals surface area contributed by atoms with E-state index in [9.17, 15) is 24.9 Å². The summed E-state index contributed by atoms with van der Waals surface area (Å²) < 4.78 is 5.68. The number of rotatable bonds is 17. The number of carbonyl (C=O) groups is 2. The number of hydrogen-bond acceptors (Lipinski definition) is 6. The molecule has 0 saturated carbocycles. The maximum Gasteiger partial charge on any atom is 0.308 e. The van der Waals surface area contributed by atoms with Gasteiger partial charge in [0.25, 0.3) is 0 Å². The molecule has 0 rings (SSSR count). The van der Waals surface area contributed by atoms with Gasteiger partial charge in [-0.25, -0.2) is 0 Å². The van der Waals surface area contributed by atoms with Crippen molar-refractivity contribution in [2.24, 2.45) is 0 Å². The van der Waals surface area contributed by atoms with E-state index in [1.807, 2.05) is 21.1 Å². The Bertz CT molecular complexity index is 435. The topological polar surface area (TPSA) is 107 Å². The minimum atomic E-state index is -1.27. The summed E-state index contributed by atoms with van der Waals surface area (Å²) >= 11 is 0. The van der Waals surface area contributed by atoms with Gasteiger partial charge in [0.2, 0.25) is 0 Å². The lowest BCUT2D eigenvalue weighted by atomic mass is 10.0. The predicted molar refractivity (Wildman–Crippen MR) is 106 cm³/mol. The molecule has 0 heterocycles. The summed E-state index contributed by atoms with van der Waals surface area (Å²) in [6, 6.07) is 0. The number of esters is 1. The van der Waals surface area contributed by atoms with Crippen LogP contribution in [-0.4, -0.2) is 72.6 Å². The molecule has 2 N–H and O–H groups in total. The minimum Gasteiger partial charge on any atom is -0.550 e. The van der Waals surface area contributed by atoms with Crippen LogP contribution in [0.5, 0.6) is 0 Å². The van der Waals surface area contributed by atoms with Crippen molar-refractivity contribution in [1.82, 2.24) is 0 Å². The van der Waals surface area contributed by atoms with Crippen LogP contribution in [-0.2, 0) is 14.3 Å². The number of nitrogens with zero attached hydrogens (tertiary/aromatic N) is 1. The van der Waals surface area contributed by atoms with Crippen molar-refractivity contribution in [3.8, 4) is 0 Å². The van der Waals surface area contributed by atoms with Crippen LogP contribution in [0, 0.1) is 0 Å². The number of aliphatic carboxylic acids is 1. The Morgan fingerprint density at radius 3 is 2.04 bits per heavy atom. The second-order valence-electron chi connectivity index (χ2n) is 8.81. The molecule has 166 valence electrons. The average Bonchev–Trinajstić information content (AvgIpc) is 2.52. The summed E-state index contributed by atoms with van der Waals surface area (Å²) in [5.41, 5.74) is 0. The Kier molecular flexibility index (Phi) is 14.1. The smallest absolute Gasteiger partial charge is 0.308 e. The molecule has 0 aliphatic rings. The third-order valence-electron chi connectivity index (χ3n) is 4.56. The Morgan fingerprint density at radius 2 is 1.46 bits per heavy atom. The molecule has 0 aromatic rings. The van der Waals surface area contributed by atoms with Gasteiger partial charge in [-0.2, -0.15) is 0 Å². The van der Waals surface area contributed by atoms with Gasteiger partial charge in [-0.1, -0.05) is 39.0 Å². The highest BCUT2D eigenvalue weighted by Crippen LogP contribution is 2.14. The Labute approximate surface area is 170 Å². The Hall–Kier alpha value is -1.18. The summed E-state index contributed by atoms with van der Waals surface area (Å²) in [4.78, 5) is 22.9. The molecule has 0 aromatic heterocycles. The summed E-state index contributed by atoms with van der Waals surface area (Å²) in [6.07, 6.45) is 5.69. The van der Waals surface area contributed by atoms with Crippen LogP contribution in [0.3, 0.4) is 0 Å². The second-order valence-corrected chi connectivity index (χ2v) is 8.81. The SMILES string of the molecule is CCCCCCCC(O)CCCC(O)CC(=O)OC(CC(=O)[O-])C[N+](C)(C)C. The first-order chi connectivity index (χ1) is 13.0. The zero-order valence-electron chi connectivity index (χ0n) is 18.2. The van der Waals surface area contributed by atoms with Gasteiger partial charge in [-0.15, -0.1) is 0 Å². The van der Waals surface area contributed by atoms with Crippen molar-refractivity contribution in [3.63, 3.8) is 0 Å². The molecule has 0 amide bonds. The summed E-state index contributed by atoms with van der Waals surface area (Å²) in [6.45, 7) is 2.52. The van der Waals surface area contributed by atoms with Gasteiger partial charge in [0.05, 0.1) is 39.8 Å². The molecule has 3 atom stereocenters. The molecule has 0 spiro atoms. The normalized spacial score (nSPS) is 15.1. The van der Waals surface area contributed by atoms with E-state index in [-0.39, 0.29) is 18.9 Å². The highest BCUT2D eigenvalue weighted by molar-refractivity contribution is 5.71. The van der Waals surface area contributed by atoms with Crippen LogP contribution in [0.1, 0.15) is 77.6 Å². The number of quaternary nitrogens is 1. The average molecular weight is 404 g/mol. The molecule has 0 saturated heterocycles. The van der Waals surface area contributed by atoms with Crippen LogP contribution < -0.4 is 5.11 Å². The van der Waals surface area contributed by atoms with Gasteiger partial charge in [-0.05, 0) is 25.7 Å². The van der Waals surface area contributed by atoms with Crippen LogP contribution in [0.4, 0.5) is 0 Å². The molecule has 0 fully saturated rings. The van der Waals surface area contributed by atoms with Crippen molar-refractivity contribution < 1.29 is 34.1 Å². The van der Waals surface area contributed by atoms with E-state index in [1.165, 1.54) is 19.3 Å². The van der Waals surface area contributed by atoms with Crippen LogP contribution in [0.15, 0.2) is 0 Å². The quantitative estimate of drug-likeness (QED) is 0.216. The molecule has 28 heavy (non-hydrogen) atoms. The number of aliphatic hydroxyl groups excluding tert-OH is 2. The molecule has 0 aliphatic heterocycles. The Morgan fingerprint density at radius 1 is 0.893 bits per heavy atom. The number of carbonyl (C=O) groups excluding carboxylic acids is 2. The number of unbranched alkanes of at least 4 members (excludes halogenated alkanes) is 4. The molecule has 7 nitrogen and oxygen atoms in total. The molecule has 0 radical (unpaired) electrons. The summed E-state index contributed by atoms with van der Waals surface area (Å²) in [5, 5.41) is 30.8. The first kappa shape index (κ1) is 26.8. The second kappa shape index (κ2) is 14.8. The zero-order chi connectivity index (χ0) is 21.6. The molecular formula is C21H41NO6. The van der Waals surface area contributed by atoms with Crippen molar-refractivity contribution in [2.45, 2.75) is 95.9 Å². The first-order valence-corrected chi connectivity index (χ1v) is 10.6. The van der Waals surface area contributed by atoms with Crippen molar-refractivity contribution >= 4 is 11.9 Å². The summed E-state index contributed by atoms with van der Waals surface area (Å²) in [5.74, 6) is -1.88. The number of carboxylic acid groups (broad SMARTS) is 1. The molecule has 0 aliphatic carbocycles.